The summed E-state index contributed by atoms with van der Waals surface area (Å²) in [5.41, 5.74) is -0.0203. The molecule has 1 aliphatic rings. The van der Waals surface area contributed by atoms with Crippen LogP contribution in [-0.2, 0) is 0 Å². The Morgan fingerprint density at radius 3 is 1.73 bits per heavy atom. The molecule has 0 N–H and O–H groups in total. The van der Waals surface area contributed by atoms with Gasteiger partial charge in [-0.2, -0.15) is 5.01 Å². The van der Waals surface area contributed by atoms with Gasteiger partial charge in [0.15, 0.2) is 5.78 Å². The third kappa shape index (κ3) is 6.44. The second-order valence-electron chi connectivity index (χ2n) is 9.22. The van der Waals surface area contributed by atoms with Gasteiger partial charge in [-0.15, -0.1) is 0 Å². The molecule has 1 aliphatic heterocycles. The van der Waals surface area contributed by atoms with Gasteiger partial charge in [0.25, 0.3) is 23.4 Å². The summed E-state index contributed by atoms with van der Waals surface area (Å²) in [5, 5.41) is 12.5. The summed E-state index contributed by atoms with van der Waals surface area (Å²) in [7, 11) is 0. The number of hydrogen-bond donors (Lipinski definition) is 0. The van der Waals surface area contributed by atoms with Crippen LogP contribution < -0.4 is 4.74 Å². The van der Waals surface area contributed by atoms with Gasteiger partial charge in [-0.05, 0) is 118 Å². The standard InChI is InChI=1S/C29H13Br4Cl2N3O7/c30-23-21-22(24(31)26(33)25(23)32)29(42)37(28(21)41)36(27(40)14-3-10-18(34)19(35)11-14)12-20(39)13-1-6-16(7-2-13)45-17-8-4-15(5-9-17)38(43)44/h1-11H,12H2. The lowest BCUT2D eigenvalue weighted by molar-refractivity contribution is -0.384. The number of imide groups is 1. The monoisotopic (exact) mass is 901 g/mol. The summed E-state index contributed by atoms with van der Waals surface area (Å²) in [6.07, 6.45) is 0. The summed E-state index contributed by atoms with van der Waals surface area (Å²) in [6.45, 7) is -0.704. The van der Waals surface area contributed by atoms with Crippen molar-refractivity contribution < 1.29 is 28.8 Å². The fraction of sp³-hybridized carbons (Fsp3) is 0.0345. The third-order valence-electron chi connectivity index (χ3n) is 6.47. The lowest BCUT2D eigenvalue weighted by Crippen LogP contribution is -2.51. The minimum atomic E-state index is -0.861. The Morgan fingerprint density at radius 2 is 1.24 bits per heavy atom. The highest BCUT2D eigenvalue weighted by Gasteiger charge is 2.46. The first kappa shape index (κ1) is 33.2. The van der Waals surface area contributed by atoms with Gasteiger partial charge in [-0.25, -0.2) is 5.01 Å². The van der Waals surface area contributed by atoms with Crippen molar-refractivity contribution >= 4 is 116 Å². The number of hydrazine groups is 1. The highest BCUT2D eigenvalue weighted by molar-refractivity contribution is 9.15. The zero-order valence-electron chi connectivity index (χ0n) is 22.0. The SMILES string of the molecule is O=C(CN(C(=O)c1ccc(Cl)c(Cl)c1)N1C(=O)c2c(Br)c(Br)c(Br)c(Br)c2C1=O)c1ccc(Oc2ccc([N+](=O)[O-])cc2)cc1. The molecule has 0 radical (unpaired) electrons. The second-order valence-corrected chi connectivity index (χ2v) is 13.2. The van der Waals surface area contributed by atoms with Gasteiger partial charge in [0.2, 0.25) is 0 Å². The number of amides is 3. The van der Waals surface area contributed by atoms with E-state index in [0.717, 1.165) is 5.01 Å². The van der Waals surface area contributed by atoms with Crippen molar-refractivity contribution in [2.24, 2.45) is 0 Å². The van der Waals surface area contributed by atoms with Crippen LogP contribution in [0.5, 0.6) is 11.5 Å². The fourth-order valence-corrected chi connectivity index (χ4v) is 7.03. The number of carbonyl (C=O) groups is 4. The molecule has 228 valence electrons. The maximum absolute atomic E-state index is 13.9. The molecule has 0 saturated carbocycles. The Kier molecular flexibility index (Phi) is 9.82. The molecule has 5 rings (SSSR count). The van der Waals surface area contributed by atoms with E-state index in [4.69, 9.17) is 27.9 Å². The van der Waals surface area contributed by atoms with E-state index in [1.165, 1.54) is 66.7 Å². The zero-order valence-corrected chi connectivity index (χ0v) is 29.9. The number of rotatable bonds is 8. The number of nitrogens with zero attached hydrogens (tertiary/aromatic N) is 3. The molecule has 0 aromatic heterocycles. The summed E-state index contributed by atoms with van der Waals surface area (Å²) in [4.78, 5) is 65.2. The van der Waals surface area contributed by atoms with Crippen molar-refractivity contribution in [2.45, 2.75) is 0 Å². The van der Waals surface area contributed by atoms with Gasteiger partial charge in [0, 0.05) is 41.2 Å². The molecule has 0 aliphatic carbocycles. The molecule has 0 bridgehead atoms. The number of Topliss-reactive ketones (excluding diaryl/α,β-unsaturated/α-hetero) is 1. The summed E-state index contributed by atoms with van der Waals surface area (Å²) in [6, 6.07) is 15.3. The molecular weight excluding hydrogens is 893 g/mol. The zero-order chi connectivity index (χ0) is 32.7. The maximum Gasteiger partial charge on any atom is 0.282 e. The smallest absolute Gasteiger partial charge is 0.282 e. The highest BCUT2D eigenvalue weighted by atomic mass is 79.9. The van der Waals surface area contributed by atoms with Gasteiger partial charge < -0.3 is 4.74 Å². The van der Waals surface area contributed by atoms with Crippen molar-refractivity contribution in [1.29, 1.82) is 0 Å². The van der Waals surface area contributed by atoms with Crippen LogP contribution in [0.1, 0.15) is 41.4 Å². The van der Waals surface area contributed by atoms with Gasteiger partial charge in [-0.3, -0.25) is 29.3 Å². The molecule has 0 atom stereocenters. The normalized spacial score (nSPS) is 12.3. The lowest BCUT2D eigenvalue weighted by Gasteiger charge is -2.29. The molecule has 0 unspecified atom stereocenters. The molecule has 16 heteroatoms. The van der Waals surface area contributed by atoms with Crippen LogP contribution >= 0.6 is 86.9 Å². The van der Waals surface area contributed by atoms with Crippen LogP contribution in [-0.4, -0.2) is 45.0 Å². The Balaban J connectivity index is 1.47. The highest BCUT2D eigenvalue weighted by Crippen LogP contribution is 2.45. The van der Waals surface area contributed by atoms with Crippen molar-refractivity contribution in [1.82, 2.24) is 10.0 Å². The van der Waals surface area contributed by atoms with Gasteiger partial charge in [0.1, 0.15) is 18.0 Å². The molecule has 1 heterocycles. The molecule has 0 saturated heterocycles. The van der Waals surface area contributed by atoms with Crippen LogP contribution in [0.4, 0.5) is 5.69 Å². The average molecular weight is 906 g/mol. The quantitative estimate of drug-likeness (QED) is 0.0431. The molecule has 0 spiro atoms. The Hall–Kier alpha value is -3.14. The molecule has 45 heavy (non-hydrogen) atoms. The molecule has 4 aromatic rings. The first-order valence-corrected chi connectivity index (χ1v) is 16.3. The van der Waals surface area contributed by atoms with E-state index >= 15 is 0 Å². The molecule has 0 fully saturated rings. The predicted molar refractivity (Wildman–Crippen MR) is 179 cm³/mol. The number of benzene rings is 4. The van der Waals surface area contributed by atoms with E-state index in [9.17, 15) is 29.3 Å². The summed E-state index contributed by atoms with van der Waals surface area (Å²) < 4.78 is 7.13. The number of halogens is 6. The van der Waals surface area contributed by atoms with E-state index < -0.39 is 35.0 Å². The molecule has 4 aromatic carbocycles. The number of non-ortho nitro benzene ring substituents is 1. The number of nitro benzene ring substituents is 1. The first-order valence-electron chi connectivity index (χ1n) is 12.4. The largest absolute Gasteiger partial charge is 0.457 e. The third-order valence-corrected chi connectivity index (χ3v) is 12.0. The number of hydrogen-bond acceptors (Lipinski definition) is 7. The topological polar surface area (TPSA) is 127 Å². The number of ether oxygens (including phenoxy) is 1. The number of nitro groups is 1. The van der Waals surface area contributed by atoms with E-state index in [1.807, 2.05) is 0 Å². The van der Waals surface area contributed by atoms with Crippen molar-refractivity contribution in [3.8, 4) is 11.5 Å². The molecule has 3 amide bonds. The predicted octanol–water partition coefficient (Wildman–Crippen LogP) is 9.28. The van der Waals surface area contributed by atoms with Gasteiger partial charge in [0.05, 0.1) is 26.1 Å². The average Bonchev–Trinajstić information content (AvgIpc) is 3.28. The van der Waals surface area contributed by atoms with E-state index in [0.29, 0.717) is 25.5 Å². The molecular formula is C29H13Br4Cl2N3O7. The van der Waals surface area contributed by atoms with Crippen molar-refractivity contribution in [3.05, 3.63) is 127 Å². The number of ketones is 1. The van der Waals surface area contributed by atoms with Crippen LogP contribution in [0.2, 0.25) is 10.0 Å². The number of fused-ring (bicyclic) bond motifs is 1. The minimum Gasteiger partial charge on any atom is -0.457 e. The Morgan fingerprint density at radius 1 is 0.756 bits per heavy atom. The second kappa shape index (κ2) is 13.3. The van der Waals surface area contributed by atoms with E-state index in [1.54, 1.807) is 0 Å². The summed E-state index contributed by atoms with van der Waals surface area (Å²) in [5.74, 6) is -2.50. The Bertz CT molecular complexity index is 1890. The maximum atomic E-state index is 13.9. The lowest BCUT2D eigenvalue weighted by atomic mass is 10.1. The van der Waals surface area contributed by atoms with Crippen LogP contribution in [0.15, 0.2) is 84.6 Å². The molecule has 10 nitrogen and oxygen atoms in total. The van der Waals surface area contributed by atoms with Crippen molar-refractivity contribution in [2.75, 3.05) is 6.54 Å². The fourth-order valence-electron chi connectivity index (χ4n) is 4.28. The number of carbonyl (C=O) groups excluding carboxylic acids is 4. The Labute approximate surface area is 297 Å². The summed E-state index contributed by atoms with van der Waals surface area (Å²) >= 11 is 25.6. The van der Waals surface area contributed by atoms with E-state index in [2.05, 4.69) is 63.7 Å². The van der Waals surface area contributed by atoms with Crippen LogP contribution in [0.3, 0.4) is 0 Å². The van der Waals surface area contributed by atoms with E-state index in [-0.39, 0.29) is 46.9 Å². The van der Waals surface area contributed by atoms with Gasteiger partial charge >= 0.3 is 0 Å². The minimum absolute atomic E-state index is 0.0194. The first-order chi connectivity index (χ1) is 21.3. The van der Waals surface area contributed by atoms with Crippen LogP contribution in [0.25, 0.3) is 0 Å². The van der Waals surface area contributed by atoms with Gasteiger partial charge in [-0.1, -0.05) is 23.2 Å². The van der Waals surface area contributed by atoms with Crippen LogP contribution in [0, 0.1) is 10.1 Å². The van der Waals surface area contributed by atoms with Crippen molar-refractivity contribution in [3.63, 3.8) is 0 Å².